The molecule has 0 fully saturated rings. The van der Waals surface area contributed by atoms with Crippen LogP contribution >= 0.6 is 0 Å². The summed E-state index contributed by atoms with van der Waals surface area (Å²) in [5.74, 6) is -0.185. The molecule has 0 aromatic carbocycles. The van der Waals surface area contributed by atoms with Crippen LogP contribution in [0.1, 0.15) is 28.7 Å². The van der Waals surface area contributed by atoms with E-state index in [0.717, 1.165) is 5.57 Å². The molecular formula is C15H19N3O3. The molecule has 1 amide bonds. The van der Waals surface area contributed by atoms with E-state index < -0.39 is 0 Å². The minimum Gasteiger partial charge on any atom is -0.375 e. The van der Waals surface area contributed by atoms with Crippen molar-refractivity contribution in [1.29, 1.82) is 0 Å². The Kier molecular flexibility index (Phi) is 4.70. The van der Waals surface area contributed by atoms with Crippen LogP contribution in [0, 0.1) is 13.8 Å². The minimum atomic E-state index is -0.185. The Labute approximate surface area is 123 Å². The lowest BCUT2D eigenvalue weighted by atomic mass is 10.1. The summed E-state index contributed by atoms with van der Waals surface area (Å²) in [6.07, 6.45) is 0. The molecule has 0 unspecified atom stereocenters. The van der Waals surface area contributed by atoms with E-state index in [1.54, 1.807) is 13.0 Å². The fourth-order valence-corrected chi connectivity index (χ4v) is 1.98. The van der Waals surface area contributed by atoms with E-state index in [-0.39, 0.29) is 5.91 Å². The molecule has 2 aromatic heterocycles. The number of hydrogen-bond donors (Lipinski definition) is 1. The number of amides is 1. The maximum Gasteiger partial charge on any atom is 0.258 e. The predicted octanol–water partition coefficient (Wildman–Crippen LogP) is 2.16. The summed E-state index contributed by atoms with van der Waals surface area (Å²) in [6.45, 7) is 10.6. The largest absolute Gasteiger partial charge is 0.375 e. The van der Waals surface area contributed by atoms with Gasteiger partial charge in [0.1, 0.15) is 0 Å². The second-order valence-corrected chi connectivity index (χ2v) is 5.02. The molecule has 0 radical (unpaired) electrons. The van der Waals surface area contributed by atoms with Crippen LogP contribution in [0.4, 0.5) is 0 Å². The van der Waals surface area contributed by atoms with Crippen molar-refractivity contribution in [2.24, 2.45) is 0 Å². The van der Waals surface area contributed by atoms with Crippen molar-refractivity contribution >= 4 is 17.0 Å². The van der Waals surface area contributed by atoms with Gasteiger partial charge in [-0.3, -0.25) is 4.79 Å². The van der Waals surface area contributed by atoms with Crippen LogP contribution in [0.3, 0.4) is 0 Å². The number of rotatable bonds is 6. The SMILES string of the molecule is C=C(C)COCCNC(=O)c1cc(C)nc2onc(C)c12. The molecule has 0 aliphatic rings. The van der Waals surface area contributed by atoms with Gasteiger partial charge in [-0.05, 0) is 26.8 Å². The van der Waals surface area contributed by atoms with Gasteiger partial charge in [0.15, 0.2) is 0 Å². The van der Waals surface area contributed by atoms with Crippen LogP contribution in [0.5, 0.6) is 0 Å². The van der Waals surface area contributed by atoms with Crippen LogP contribution in [-0.2, 0) is 4.74 Å². The average Bonchev–Trinajstić information content (AvgIpc) is 2.78. The lowest BCUT2D eigenvalue weighted by Gasteiger charge is -2.07. The average molecular weight is 289 g/mol. The van der Waals surface area contributed by atoms with Gasteiger partial charge in [-0.15, -0.1) is 0 Å². The Morgan fingerprint density at radius 2 is 2.24 bits per heavy atom. The number of carbonyl (C=O) groups is 1. The monoisotopic (exact) mass is 289 g/mol. The molecule has 0 atom stereocenters. The lowest BCUT2D eigenvalue weighted by Crippen LogP contribution is -2.27. The second kappa shape index (κ2) is 6.49. The molecule has 0 spiro atoms. The number of ether oxygens (including phenoxy) is 1. The fourth-order valence-electron chi connectivity index (χ4n) is 1.98. The first kappa shape index (κ1) is 15.2. The lowest BCUT2D eigenvalue weighted by molar-refractivity contribution is 0.0928. The molecule has 2 aromatic rings. The smallest absolute Gasteiger partial charge is 0.258 e. The van der Waals surface area contributed by atoms with Crippen LogP contribution < -0.4 is 5.32 Å². The fraction of sp³-hybridized carbons (Fsp3) is 0.400. The quantitative estimate of drug-likeness (QED) is 0.651. The van der Waals surface area contributed by atoms with Crippen molar-refractivity contribution < 1.29 is 14.1 Å². The minimum absolute atomic E-state index is 0.185. The molecule has 6 nitrogen and oxygen atoms in total. The Morgan fingerprint density at radius 1 is 1.48 bits per heavy atom. The number of hydrogen-bond acceptors (Lipinski definition) is 5. The first-order valence-corrected chi connectivity index (χ1v) is 6.73. The Balaban J connectivity index is 2.05. The molecule has 21 heavy (non-hydrogen) atoms. The maximum absolute atomic E-state index is 12.3. The van der Waals surface area contributed by atoms with Crippen molar-refractivity contribution in [3.05, 3.63) is 35.2 Å². The van der Waals surface area contributed by atoms with Gasteiger partial charge in [0.05, 0.1) is 29.9 Å². The molecule has 0 bridgehead atoms. The van der Waals surface area contributed by atoms with Crippen molar-refractivity contribution in [2.45, 2.75) is 20.8 Å². The topological polar surface area (TPSA) is 77.2 Å². The summed E-state index contributed by atoms with van der Waals surface area (Å²) in [7, 11) is 0. The number of fused-ring (bicyclic) bond motifs is 1. The van der Waals surface area contributed by atoms with Gasteiger partial charge in [-0.1, -0.05) is 17.3 Å². The summed E-state index contributed by atoms with van der Waals surface area (Å²) < 4.78 is 10.5. The van der Waals surface area contributed by atoms with Crippen LogP contribution in [0.15, 0.2) is 22.7 Å². The van der Waals surface area contributed by atoms with E-state index in [0.29, 0.717) is 47.8 Å². The number of nitrogens with one attached hydrogen (secondary N) is 1. The second-order valence-electron chi connectivity index (χ2n) is 5.02. The molecular weight excluding hydrogens is 270 g/mol. The third-order valence-corrected chi connectivity index (χ3v) is 2.87. The predicted molar refractivity (Wildman–Crippen MR) is 79.2 cm³/mol. The highest BCUT2D eigenvalue weighted by Crippen LogP contribution is 2.21. The normalized spacial score (nSPS) is 10.8. The summed E-state index contributed by atoms with van der Waals surface area (Å²) in [6, 6.07) is 1.73. The number of aryl methyl sites for hydroxylation is 2. The van der Waals surface area contributed by atoms with Gasteiger partial charge < -0.3 is 14.6 Å². The first-order valence-electron chi connectivity index (χ1n) is 6.73. The van der Waals surface area contributed by atoms with E-state index in [1.165, 1.54) is 0 Å². The van der Waals surface area contributed by atoms with Gasteiger partial charge >= 0.3 is 0 Å². The van der Waals surface area contributed by atoms with Crippen LogP contribution in [0.25, 0.3) is 11.1 Å². The molecule has 112 valence electrons. The third kappa shape index (κ3) is 3.66. The zero-order valence-corrected chi connectivity index (χ0v) is 12.5. The zero-order chi connectivity index (χ0) is 15.4. The zero-order valence-electron chi connectivity index (χ0n) is 12.5. The summed E-state index contributed by atoms with van der Waals surface area (Å²) in [5, 5.41) is 7.33. The number of carbonyl (C=O) groups excluding carboxylic acids is 1. The number of aromatic nitrogens is 2. The number of nitrogens with zero attached hydrogens (tertiary/aromatic N) is 2. The highest BCUT2D eigenvalue weighted by Gasteiger charge is 2.17. The van der Waals surface area contributed by atoms with E-state index >= 15 is 0 Å². The standard InChI is InChI=1S/C15H19N3O3/c1-9(2)8-20-6-5-16-14(19)12-7-10(3)17-15-13(12)11(4)18-21-15/h7H,1,5-6,8H2,2-4H3,(H,16,19). The van der Waals surface area contributed by atoms with Crippen LogP contribution in [0.2, 0.25) is 0 Å². The van der Waals surface area contributed by atoms with Gasteiger partial charge in [0.2, 0.25) is 0 Å². The molecule has 0 saturated heterocycles. The Morgan fingerprint density at radius 3 is 2.95 bits per heavy atom. The number of pyridine rings is 1. The molecule has 2 rings (SSSR count). The maximum atomic E-state index is 12.3. The summed E-state index contributed by atoms with van der Waals surface area (Å²) in [5.41, 5.74) is 3.23. The van der Waals surface area contributed by atoms with Crippen molar-refractivity contribution in [2.75, 3.05) is 19.8 Å². The van der Waals surface area contributed by atoms with Crippen molar-refractivity contribution in [3.8, 4) is 0 Å². The van der Waals surface area contributed by atoms with Gasteiger partial charge in [0, 0.05) is 12.2 Å². The summed E-state index contributed by atoms with van der Waals surface area (Å²) >= 11 is 0. The van der Waals surface area contributed by atoms with Crippen molar-refractivity contribution in [3.63, 3.8) is 0 Å². The third-order valence-electron chi connectivity index (χ3n) is 2.87. The Hall–Kier alpha value is -2.21. The first-order chi connectivity index (χ1) is 9.99. The van der Waals surface area contributed by atoms with E-state index in [1.807, 2.05) is 13.8 Å². The highest BCUT2D eigenvalue weighted by atomic mass is 16.5. The molecule has 0 aliphatic heterocycles. The summed E-state index contributed by atoms with van der Waals surface area (Å²) in [4.78, 5) is 16.5. The molecule has 6 heteroatoms. The van der Waals surface area contributed by atoms with Gasteiger partial charge in [0.25, 0.3) is 11.6 Å². The molecule has 1 N–H and O–H groups in total. The highest BCUT2D eigenvalue weighted by molar-refractivity contribution is 6.05. The molecule has 0 aliphatic carbocycles. The van der Waals surface area contributed by atoms with E-state index in [2.05, 4.69) is 22.0 Å². The van der Waals surface area contributed by atoms with Gasteiger partial charge in [-0.25, -0.2) is 4.98 Å². The molecule has 2 heterocycles. The molecule has 0 saturated carbocycles. The van der Waals surface area contributed by atoms with Crippen LogP contribution in [-0.4, -0.2) is 35.8 Å². The van der Waals surface area contributed by atoms with E-state index in [9.17, 15) is 4.79 Å². The van der Waals surface area contributed by atoms with E-state index in [4.69, 9.17) is 9.26 Å². The van der Waals surface area contributed by atoms with Gasteiger partial charge in [-0.2, -0.15) is 0 Å². The Bertz CT molecular complexity index is 676. The van der Waals surface area contributed by atoms with Crippen molar-refractivity contribution in [1.82, 2.24) is 15.5 Å².